The molecule has 0 bridgehead atoms. The Hall–Kier alpha value is -2.55. The first kappa shape index (κ1) is 19.5. The van der Waals surface area contributed by atoms with Gasteiger partial charge in [0.1, 0.15) is 11.3 Å². The molecule has 0 saturated carbocycles. The van der Waals surface area contributed by atoms with Crippen LogP contribution >= 0.6 is 15.9 Å². The van der Waals surface area contributed by atoms with Gasteiger partial charge in [-0.05, 0) is 12.1 Å². The molecule has 0 spiro atoms. The molecule has 1 N–H and O–H groups in total. The quantitative estimate of drug-likeness (QED) is 0.438. The Morgan fingerprint density at radius 2 is 1.71 bits per heavy atom. The van der Waals surface area contributed by atoms with Gasteiger partial charge in [-0.25, -0.2) is 14.4 Å². The summed E-state index contributed by atoms with van der Waals surface area (Å²) in [5, 5.41) is 2.70. The van der Waals surface area contributed by atoms with Gasteiger partial charge in [-0.3, -0.25) is 0 Å². The number of rotatable bonds is 6. The summed E-state index contributed by atoms with van der Waals surface area (Å²) < 4.78 is 19.5. The number of halogens is 1. The molecule has 24 heavy (non-hydrogen) atoms. The number of esters is 3. The van der Waals surface area contributed by atoms with Crippen molar-refractivity contribution in [2.24, 2.45) is 0 Å². The highest BCUT2D eigenvalue weighted by atomic mass is 79.9. The fourth-order valence-electron chi connectivity index (χ4n) is 1.75. The first-order chi connectivity index (χ1) is 11.4. The molecule has 0 amide bonds. The van der Waals surface area contributed by atoms with Crippen LogP contribution in [0.25, 0.3) is 0 Å². The van der Waals surface area contributed by atoms with E-state index < -0.39 is 17.9 Å². The van der Waals surface area contributed by atoms with Gasteiger partial charge in [0.2, 0.25) is 0 Å². The molecule has 0 aromatic heterocycles. The van der Waals surface area contributed by atoms with Gasteiger partial charge in [0.15, 0.2) is 5.75 Å². The Balaban J connectivity index is 3.40. The number of carbonyl (C=O) groups excluding carboxylic acids is 3. The molecule has 1 aromatic carbocycles. The van der Waals surface area contributed by atoms with E-state index in [-0.39, 0.29) is 22.7 Å². The lowest BCUT2D eigenvalue weighted by atomic mass is 10.1. The van der Waals surface area contributed by atoms with E-state index in [0.29, 0.717) is 4.47 Å². The maximum absolute atomic E-state index is 11.9. The van der Waals surface area contributed by atoms with E-state index in [1.807, 2.05) is 0 Å². The fourth-order valence-corrected chi connectivity index (χ4v) is 2.20. The molecule has 0 aliphatic carbocycles. The standard InChI is InChI=1S/C15H16BrNO7/c1-21-12(18)7-11(15(20)24-4)17-10-6-8(16)5-9(13(10)22-2)14(19)23-3/h5-7,17H,1-4H3/b11-7+. The maximum atomic E-state index is 11.9. The molecule has 1 aromatic rings. The van der Waals surface area contributed by atoms with E-state index in [9.17, 15) is 14.4 Å². The van der Waals surface area contributed by atoms with E-state index in [1.165, 1.54) is 27.4 Å². The minimum Gasteiger partial charge on any atom is -0.494 e. The zero-order chi connectivity index (χ0) is 18.3. The van der Waals surface area contributed by atoms with Gasteiger partial charge in [0.25, 0.3) is 0 Å². The second kappa shape index (κ2) is 8.92. The summed E-state index contributed by atoms with van der Waals surface area (Å²) in [4.78, 5) is 35.1. The third-order valence-corrected chi connectivity index (χ3v) is 3.26. The maximum Gasteiger partial charge on any atom is 0.354 e. The summed E-state index contributed by atoms with van der Waals surface area (Å²) in [6.45, 7) is 0. The molecule has 0 aliphatic rings. The molecular formula is C15H16BrNO7. The summed E-state index contributed by atoms with van der Waals surface area (Å²) in [7, 11) is 4.91. The number of carbonyl (C=O) groups is 3. The number of anilines is 1. The molecule has 0 heterocycles. The summed E-state index contributed by atoms with van der Waals surface area (Å²) in [5.74, 6) is -2.07. The Morgan fingerprint density at radius 3 is 2.21 bits per heavy atom. The number of methoxy groups -OCH3 is 4. The minimum atomic E-state index is -0.804. The van der Waals surface area contributed by atoms with Gasteiger partial charge in [-0.2, -0.15) is 0 Å². The van der Waals surface area contributed by atoms with Crippen molar-refractivity contribution in [3.63, 3.8) is 0 Å². The van der Waals surface area contributed by atoms with Crippen molar-refractivity contribution >= 4 is 39.5 Å². The minimum absolute atomic E-state index is 0.124. The zero-order valence-corrected chi connectivity index (χ0v) is 15.1. The van der Waals surface area contributed by atoms with Crippen molar-refractivity contribution in [3.8, 4) is 5.75 Å². The van der Waals surface area contributed by atoms with Crippen LogP contribution in [0.15, 0.2) is 28.4 Å². The van der Waals surface area contributed by atoms with Crippen molar-refractivity contribution in [3.05, 3.63) is 33.9 Å². The van der Waals surface area contributed by atoms with Crippen molar-refractivity contribution in [2.75, 3.05) is 33.8 Å². The van der Waals surface area contributed by atoms with Crippen LogP contribution in [-0.4, -0.2) is 46.3 Å². The van der Waals surface area contributed by atoms with Gasteiger partial charge < -0.3 is 24.3 Å². The summed E-state index contributed by atoms with van der Waals surface area (Å²) >= 11 is 3.25. The molecule has 0 unspecified atom stereocenters. The van der Waals surface area contributed by atoms with E-state index >= 15 is 0 Å². The van der Waals surface area contributed by atoms with Crippen LogP contribution in [0.5, 0.6) is 5.75 Å². The van der Waals surface area contributed by atoms with Crippen LogP contribution < -0.4 is 10.1 Å². The topological polar surface area (TPSA) is 100 Å². The fraction of sp³-hybridized carbons (Fsp3) is 0.267. The average molecular weight is 402 g/mol. The molecule has 130 valence electrons. The van der Waals surface area contributed by atoms with Crippen LogP contribution in [0.3, 0.4) is 0 Å². The van der Waals surface area contributed by atoms with Crippen LogP contribution in [0.4, 0.5) is 5.69 Å². The molecule has 0 atom stereocenters. The first-order valence-corrected chi connectivity index (χ1v) is 7.28. The molecule has 0 saturated heterocycles. The lowest BCUT2D eigenvalue weighted by molar-refractivity contribution is -0.138. The SMILES string of the molecule is COC(=O)/C=C(/Nc1cc(Br)cc(C(=O)OC)c1OC)C(=O)OC. The lowest BCUT2D eigenvalue weighted by Crippen LogP contribution is -2.16. The van der Waals surface area contributed by atoms with Crippen molar-refractivity contribution < 1.29 is 33.3 Å². The molecule has 9 heteroatoms. The number of benzene rings is 1. The van der Waals surface area contributed by atoms with Crippen LogP contribution in [0.1, 0.15) is 10.4 Å². The Bertz CT molecular complexity index is 685. The molecule has 0 aliphatic heterocycles. The number of ether oxygens (including phenoxy) is 4. The highest BCUT2D eigenvalue weighted by molar-refractivity contribution is 9.10. The van der Waals surface area contributed by atoms with Gasteiger partial charge in [-0.1, -0.05) is 15.9 Å². The molecule has 0 radical (unpaired) electrons. The number of hydrogen-bond acceptors (Lipinski definition) is 8. The monoisotopic (exact) mass is 401 g/mol. The van der Waals surface area contributed by atoms with Crippen molar-refractivity contribution in [2.45, 2.75) is 0 Å². The van der Waals surface area contributed by atoms with Crippen LogP contribution in [0.2, 0.25) is 0 Å². The van der Waals surface area contributed by atoms with E-state index in [0.717, 1.165) is 13.2 Å². The number of hydrogen-bond donors (Lipinski definition) is 1. The second-order valence-corrected chi connectivity index (χ2v) is 5.14. The summed E-state index contributed by atoms with van der Waals surface area (Å²) in [6, 6.07) is 3.05. The average Bonchev–Trinajstić information content (AvgIpc) is 2.58. The van der Waals surface area contributed by atoms with Crippen LogP contribution in [0, 0.1) is 0 Å². The van der Waals surface area contributed by atoms with Crippen molar-refractivity contribution in [1.29, 1.82) is 0 Å². The molecular weight excluding hydrogens is 386 g/mol. The normalized spacial score (nSPS) is 10.6. The summed E-state index contributed by atoms with van der Waals surface area (Å²) in [6.07, 6.45) is 0.921. The van der Waals surface area contributed by atoms with Gasteiger partial charge >= 0.3 is 17.9 Å². The van der Waals surface area contributed by atoms with E-state index in [1.54, 1.807) is 6.07 Å². The third-order valence-electron chi connectivity index (χ3n) is 2.80. The molecule has 8 nitrogen and oxygen atoms in total. The molecule has 1 rings (SSSR count). The highest BCUT2D eigenvalue weighted by Crippen LogP contribution is 2.34. The van der Waals surface area contributed by atoms with Crippen LogP contribution in [-0.2, 0) is 23.8 Å². The molecule has 0 fully saturated rings. The highest BCUT2D eigenvalue weighted by Gasteiger charge is 2.21. The smallest absolute Gasteiger partial charge is 0.354 e. The van der Waals surface area contributed by atoms with Gasteiger partial charge in [-0.15, -0.1) is 0 Å². The Morgan fingerprint density at radius 1 is 1.04 bits per heavy atom. The predicted octanol–water partition coefficient (Wildman–Crippen LogP) is 1.89. The van der Waals surface area contributed by atoms with E-state index in [4.69, 9.17) is 9.47 Å². The van der Waals surface area contributed by atoms with Gasteiger partial charge in [0.05, 0.1) is 40.2 Å². The predicted molar refractivity (Wildman–Crippen MR) is 87.8 cm³/mol. The third kappa shape index (κ3) is 4.72. The first-order valence-electron chi connectivity index (χ1n) is 6.48. The Kier molecular flexibility index (Phi) is 7.25. The van der Waals surface area contributed by atoms with Gasteiger partial charge in [0, 0.05) is 4.47 Å². The number of nitrogens with one attached hydrogen (secondary N) is 1. The lowest BCUT2D eigenvalue weighted by Gasteiger charge is -2.15. The largest absolute Gasteiger partial charge is 0.494 e. The second-order valence-electron chi connectivity index (χ2n) is 4.22. The Labute approximate surface area is 146 Å². The van der Waals surface area contributed by atoms with E-state index in [2.05, 4.69) is 30.7 Å². The zero-order valence-electron chi connectivity index (χ0n) is 13.5. The summed E-state index contributed by atoms with van der Waals surface area (Å²) in [5.41, 5.74) is 0.170. The van der Waals surface area contributed by atoms with Crippen molar-refractivity contribution in [1.82, 2.24) is 0 Å².